The van der Waals surface area contributed by atoms with Gasteiger partial charge in [0.25, 0.3) is 0 Å². The van der Waals surface area contributed by atoms with E-state index in [0.717, 1.165) is 37.2 Å². The summed E-state index contributed by atoms with van der Waals surface area (Å²) >= 11 is 0. The first-order valence-corrected chi connectivity index (χ1v) is 6.72. The third-order valence-electron chi connectivity index (χ3n) is 3.93. The Morgan fingerprint density at radius 2 is 2.11 bits per heavy atom. The number of anilines is 1. The lowest BCUT2D eigenvalue weighted by molar-refractivity contribution is 0.110. The lowest BCUT2D eigenvalue weighted by Gasteiger charge is -2.35. The van der Waals surface area contributed by atoms with Gasteiger partial charge in [0.05, 0.1) is 24.0 Å². The molecule has 0 saturated carbocycles. The maximum atomic E-state index is 9.60. The van der Waals surface area contributed by atoms with E-state index in [2.05, 4.69) is 11.0 Å². The van der Waals surface area contributed by atoms with Crippen LogP contribution in [0.5, 0.6) is 0 Å². The molecule has 2 rings (SSSR count). The molecule has 1 unspecified atom stereocenters. The van der Waals surface area contributed by atoms with Crippen molar-refractivity contribution in [3.8, 4) is 6.07 Å². The fourth-order valence-corrected chi connectivity index (χ4v) is 2.67. The van der Waals surface area contributed by atoms with Crippen molar-refractivity contribution in [2.75, 3.05) is 18.0 Å². The van der Waals surface area contributed by atoms with Crippen LogP contribution in [0.2, 0.25) is 0 Å². The normalized spacial score (nSPS) is 18.1. The highest BCUT2D eigenvalue weighted by molar-refractivity contribution is 5.60. The number of aliphatic hydroxyl groups is 2. The lowest BCUT2D eigenvalue weighted by atomic mass is 9.91. The highest BCUT2D eigenvalue weighted by Gasteiger charge is 2.23. The molecule has 1 aromatic carbocycles. The third-order valence-corrected chi connectivity index (χ3v) is 3.93. The Morgan fingerprint density at radius 3 is 2.63 bits per heavy atom. The van der Waals surface area contributed by atoms with Crippen molar-refractivity contribution < 1.29 is 10.2 Å². The zero-order chi connectivity index (χ0) is 13.8. The van der Waals surface area contributed by atoms with E-state index in [9.17, 15) is 10.4 Å². The molecule has 19 heavy (non-hydrogen) atoms. The van der Waals surface area contributed by atoms with Gasteiger partial charge in [0, 0.05) is 13.1 Å². The van der Waals surface area contributed by atoms with Crippen LogP contribution in [0.3, 0.4) is 0 Å². The maximum Gasteiger partial charge on any atom is 0.101 e. The third kappa shape index (κ3) is 3.06. The summed E-state index contributed by atoms with van der Waals surface area (Å²) in [5.74, 6) is 0.360. The van der Waals surface area contributed by atoms with E-state index < -0.39 is 0 Å². The first-order chi connectivity index (χ1) is 9.15. The largest absolute Gasteiger partial charge is 0.393 e. The van der Waals surface area contributed by atoms with Crippen LogP contribution < -0.4 is 4.90 Å². The molecule has 1 aliphatic heterocycles. The number of nitriles is 1. The van der Waals surface area contributed by atoms with Crippen LogP contribution >= 0.6 is 0 Å². The first kappa shape index (κ1) is 13.9. The van der Waals surface area contributed by atoms with Gasteiger partial charge in [0.2, 0.25) is 0 Å². The van der Waals surface area contributed by atoms with E-state index in [0.29, 0.717) is 11.5 Å². The number of hydrogen-bond acceptors (Lipinski definition) is 4. The van der Waals surface area contributed by atoms with Crippen LogP contribution in [0.25, 0.3) is 0 Å². The molecular formula is C15H20N2O2. The summed E-state index contributed by atoms with van der Waals surface area (Å²) < 4.78 is 0. The van der Waals surface area contributed by atoms with Crippen LogP contribution in [0.1, 0.15) is 30.9 Å². The number of benzene rings is 1. The van der Waals surface area contributed by atoms with Crippen molar-refractivity contribution >= 4 is 5.69 Å². The molecule has 1 saturated heterocycles. The first-order valence-electron chi connectivity index (χ1n) is 6.72. The van der Waals surface area contributed by atoms with Crippen molar-refractivity contribution in [1.29, 1.82) is 5.26 Å². The van der Waals surface area contributed by atoms with E-state index in [1.807, 2.05) is 19.1 Å². The van der Waals surface area contributed by atoms with Gasteiger partial charge in [-0.05, 0) is 43.4 Å². The van der Waals surface area contributed by atoms with Gasteiger partial charge in [-0.2, -0.15) is 5.26 Å². The van der Waals surface area contributed by atoms with Crippen LogP contribution in [0.4, 0.5) is 5.69 Å². The summed E-state index contributed by atoms with van der Waals surface area (Å²) in [4.78, 5) is 2.19. The topological polar surface area (TPSA) is 67.5 Å². The van der Waals surface area contributed by atoms with E-state index in [1.165, 1.54) is 0 Å². The molecule has 1 heterocycles. The summed E-state index contributed by atoms with van der Waals surface area (Å²) in [7, 11) is 0. The summed E-state index contributed by atoms with van der Waals surface area (Å²) in [6.07, 6.45) is 1.64. The predicted molar refractivity (Wildman–Crippen MR) is 73.7 cm³/mol. The number of rotatable bonds is 3. The van der Waals surface area contributed by atoms with Gasteiger partial charge in [-0.15, -0.1) is 0 Å². The van der Waals surface area contributed by atoms with Gasteiger partial charge >= 0.3 is 0 Å². The molecule has 1 aliphatic rings. The standard InChI is InChI=1S/C15H20N2O2/c1-11(19)13-4-6-17(7-5-13)15-3-2-12(10-18)8-14(15)9-16/h2-3,8,11,13,18-19H,4-7,10H2,1H3. The molecule has 0 aromatic heterocycles. The molecule has 0 radical (unpaired) electrons. The lowest BCUT2D eigenvalue weighted by Crippen LogP contribution is -2.37. The van der Waals surface area contributed by atoms with E-state index in [4.69, 9.17) is 5.11 Å². The smallest absolute Gasteiger partial charge is 0.101 e. The highest BCUT2D eigenvalue weighted by atomic mass is 16.3. The van der Waals surface area contributed by atoms with E-state index in [-0.39, 0.29) is 12.7 Å². The summed E-state index contributed by atoms with van der Waals surface area (Å²) in [5, 5.41) is 27.9. The summed E-state index contributed by atoms with van der Waals surface area (Å²) in [6.45, 7) is 3.53. The Hall–Kier alpha value is -1.57. The van der Waals surface area contributed by atoms with Crippen molar-refractivity contribution in [2.24, 2.45) is 5.92 Å². The molecule has 2 N–H and O–H groups in total. The van der Waals surface area contributed by atoms with Crippen LogP contribution in [0, 0.1) is 17.2 Å². The molecule has 1 aromatic rings. The molecule has 4 nitrogen and oxygen atoms in total. The van der Waals surface area contributed by atoms with Gasteiger partial charge in [-0.3, -0.25) is 0 Å². The summed E-state index contributed by atoms with van der Waals surface area (Å²) in [6, 6.07) is 7.71. The molecule has 1 fully saturated rings. The minimum atomic E-state index is -0.255. The zero-order valence-electron chi connectivity index (χ0n) is 11.2. The maximum absolute atomic E-state index is 9.60. The predicted octanol–water partition coefficient (Wildman–Crippen LogP) is 1.65. The fourth-order valence-electron chi connectivity index (χ4n) is 2.67. The second kappa shape index (κ2) is 6.05. The molecule has 0 aliphatic carbocycles. The Bertz CT molecular complexity index is 472. The second-order valence-corrected chi connectivity index (χ2v) is 5.19. The van der Waals surface area contributed by atoms with Gasteiger partial charge in [0.15, 0.2) is 0 Å². The van der Waals surface area contributed by atoms with Gasteiger partial charge < -0.3 is 15.1 Å². The van der Waals surface area contributed by atoms with Gasteiger partial charge in [0.1, 0.15) is 6.07 Å². The Labute approximate surface area is 113 Å². The number of nitrogens with zero attached hydrogens (tertiary/aromatic N) is 2. The molecule has 0 amide bonds. The molecule has 4 heteroatoms. The number of aliphatic hydroxyl groups excluding tert-OH is 2. The Morgan fingerprint density at radius 1 is 1.42 bits per heavy atom. The van der Waals surface area contributed by atoms with Crippen molar-refractivity contribution in [2.45, 2.75) is 32.5 Å². The van der Waals surface area contributed by atoms with E-state index >= 15 is 0 Å². The molecular weight excluding hydrogens is 240 g/mol. The van der Waals surface area contributed by atoms with Gasteiger partial charge in [-0.25, -0.2) is 0 Å². The SMILES string of the molecule is CC(O)C1CCN(c2ccc(CO)cc2C#N)CC1. The highest BCUT2D eigenvalue weighted by Crippen LogP contribution is 2.28. The fraction of sp³-hybridized carbons (Fsp3) is 0.533. The van der Waals surface area contributed by atoms with Crippen LogP contribution in [-0.2, 0) is 6.61 Å². The zero-order valence-corrected chi connectivity index (χ0v) is 11.2. The minimum absolute atomic E-state index is 0.0426. The van der Waals surface area contributed by atoms with E-state index in [1.54, 1.807) is 6.07 Å². The van der Waals surface area contributed by atoms with Crippen LogP contribution in [-0.4, -0.2) is 29.4 Å². The van der Waals surface area contributed by atoms with Crippen molar-refractivity contribution in [1.82, 2.24) is 0 Å². The average Bonchev–Trinajstić information content (AvgIpc) is 2.46. The van der Waals surface area contributed by atoms with Gasteiger partial charge in [-0.1, -0.05) is 6.07 Å². The number of piperidine rings is 1. The average molecular weight is 260 g/mol. The van der Waals surface area contributed by atoms with Crippen molar-refractivity contribution in [3.63, 3.8) is 0 Å². The van der Waals surface area contributed by atoms with Crippen LogP contribution in [0.15, 0.2) is 18.2 Å². The molecule has 1 atom stereocenters. The monoisotopic (exact) mass is 260 g/mol. The molecule has 102 valence electrons. The second-order valence-electron chi connectivity index (χ2n) is 5.19. The quantitative estimate of drug-likeness (QED) is 0.867. The van der Waals surface area contributed by atoms with Crippen molar-refractivity contribution in [3.05, 3.63) is 29.3 Å². The Kier molecular flexibility index (Phi) is 4.41. The molecule has 0 spiro atoms. The summed E-state index contributed by atoms with van der Waals surface area (Å²) in [5.41, 5.74) is 2.31. The number of hydrogen-bond donors (Lipinski definition) is 2. The Balaban J connectivity index is 2.13. The minimum Gasteiger partial charge on any atom is -0.393 e. The molecule has 0 bridgehead atoms.